The molecule has 2 fully saturated rings. The number of nitrogens with two attached hydrogens (primary N) is 1. The van der Waals surface area contributed by atoms with Crippen molar-refractivity contribution in [3.05, 3.63) is 0 Å². The van der Waals surface area contributed by atoms with Gasteiger partial charge in [0.15, 0.2) is 0 Å². The van der Waals surface area contributed by atoms with E-state index in [0.717, 1.165) is 25.3 Å². The lowest BCUT2D eigenvalue weighted by Gasteiger charge is -2.14. The molecule has 0 spiro atoms. The summed E-state index contributed by atoms with van der Waals surface area (Å²) >= 11 is 0. The molecule has 0 heterocycles. The lowest BCUT2D eigenvalue weighted by atomic mass is 10.00. The van der Waals surface area contributed by atoms with Crippen LogP contribution in [0.4, 0.5) is 0 Å². The Kier molecular flexibility index (Phi) is 5.56. The van der Waals surface area contributed by atoms with Crippen LogP contribution < -0.4 is 11.1 Å². The summed E-state index contributed by atoms with van der Waals surface area (Å²) in [6.45, 7) is 0.867. The molecule has 0 aromatic heterocycles. The normalized spacial score (nSPS) is 28.6. The first-order chi connectivity index (χ1) is 7.25. The molecule has 0 radical (unpaired) electrons. The van der Waals surface area contributed by atoms with Gasteiger partial charge >= 0.3 is 0 Å². The summed E-state index contributed by atoms with van der Waals surface area (Å²) in [6.07, 6.45) is 7.97. The van der Waals surface area contributed by atoms with E-state index in [4.69, 9.17) is 5.73 Å². The Labute approximate surface area is 104 Å². The molecule has 1 amide bonds. The van der Waals surface area contributed by atoms with Gasteiger partial charge in [0.05, 0.1) is 0 Å². The van der Waals surface area contributed by atoms with E-state index < -0.39 is 0 Å². The zero-order valence-electron chi connectivity index (χ0n) is 9.78. The Balaban J connectivity index is 0.00000128. The van der Waals surface area contributed by atoms with Crippen LogP contribution in [0.3, 0.4) is 0 Å². The Morgan fingerprint density at radius 2 is 2.00 bits per heavy atom. The minimum Gasteiger partial charge on any atom is -0.356 e. The van der Waals surface area contributed by atoms with Gasteiger partial charge in [-0.1, -0.05) is 19.3 Å². The largest absolute Gasteiger partial charge is 0.356 e. The fraction of sp³-hybridized carbons (Fsp3) is 0.917. The van der Waals surface area contributed by atoms with Gasteiger partial charge in [-0.15, -0.1) is 12.4 Å². The van der Waals surface area contributed by atoms with Crippen molar-refractivity contribution in [1.29, 1.82) is 0 Å². The maximum Gasteiger partial charge on any atom is 0.220 e. The summed E-state index contributed by atoms with van der Waals surface area (Å²) in [7, 11) is 0. The van der Waals surface area contributed by atoms with Gasteiger partial charge in [-0.2, -0.15) is 0 Å². The molecular weight excluding hydrogens is 224 g/mol. The highest BCUT2D eigenvalue weighted by Crippen LogP contribution is 2.31. The summed E-state index contributed by atoms with van der Waals surface area (Å²) in [5, 5.41) is 3.01. The molecule has 16 heavy (non-hydrogen) atoms. The number of rotatable bonds is 5. The predicted molar refractivity (Wildman–Crippen MR) is 67.5 cm³/mol. The first-order valence-corrected chi connectivity index (χ1v) is 6.28. The first-order valence-electron chi connectivity index (χ1n) is 6.28. The molecule has 4 heteroatoms. The highest BCUT2D eigenvalue weighted by atomic mass is 35.5. The maximum absolute atomic E-state index is 11.6. The third kappa shape index (κ3) is 4.30. The highest BCUT2D eigenvalue weighted by molar-refractivity contribution is 5.85. The summed E-state index contributed by atoms with van der Waals surface area (Å²) in [4.78, 5) is 11.6. The van der Waals surface area contributed by atoms with Crippen LogP contribution in [0.1, 0.15) is 44.9 Å². The standard InChI is InChI=1S/C12H22N2O.ClH/c13-11-3-1-2-10(11)8-12(15)14-7-6-9-4-5-9;/h9-11H,1-8,13H2,(H,14,15);1H/t10-,11+;/m0./s1. The van der Waals surface area contributed by atoms with E-state index in [2.05, 4.69) is 5.32 Å². The van der Waals surface area contributed by atoms with Crippen LogP contribution in [0, 0.1) is 11.8 Å². The number of carbonyl (C=O) groups excluding carboxylic acids is 1. The van der Waals surface area contributed by atoms with Gasteiger partial charge in [-0.3, -0.25) is 4.79 Å². The lowest BCUT2D eigenvalue weighted by Crippen LogP contribution is -2.32. The maximum atomic E-state index is 11.6. The summed E-state index contributed by atoms with van der Waals surface area (Å²) < 4.78 is 0. The minimum atomic E-state index is 0. The zero-order valence-corrected chi connectivity index (χ0v) is 10.6. The van der Waals surface area contributed by atoms with E-state index in [-0.39, 0.29) is 24.4 Å². The van der Waals surface area contributed by atoms with Gasteiger partial charge in [0.2, 0.25) is 5.91 Å². The molecule has 94 valence electrons. The quantitative estimate of drug-likeness (QED) is 0.778. The fourth-order valence-electron chi connectivity index (χ4n) is 2.45. The molecule has 2 aliphatic carbocycles. The number of hydrogen-bond acceptors (Lipinski definition) is 2. The second-order valence-corrected chi connectivity index (χ2v) is 5.14. The molecule has 3 N–H and O–H groups in total. The van der Waals surface area contributed by atoms with Crippen LogP contribution in [-0.4, -0.2) is 18.5 Å². The number of carbonyl (C=O) groups is 1. The second-order valence-electron chi connectivity index (χ2n) is 5.14. The molecule has 2 aliphatic rings. The van der Waals surface area contributed by atoms with Gasteiger partial charge in [0, 0.05) is 19.0 Å². The molecular formula is C12H23ClN2O. The Hall–Kier alpha value is -0.280. The third-order valence-electron chi connectivity index (χ3n) is 3.74. The Morgan fingerprint density at radius 3 is 2.56 bits per heavy atom. The molecule has 3 nitrogen and oxygen atoms in total. The van der Waals surface area contributed by atoms with Crippen molar-refractivity contribution in [3.63, 3.8) is 0 Å². The van der Waals surface area contributed by atoms with E-state index in [1.54, 1.807) is 0 Å². The zero-order chi connectivity index (χ0) is 10.7. The topological polar surface area (TPSA) is 55.1 Å². The highest BCUT2D eigenvalue weighted by Gasteiger charge is 2.26. The van der Waals surface area contributed by atoms with Crippen molar-refractivity contribution in [2.75, 3.05) is 6.54 Å². The smallest absolute Gasteiger partial charge is 0.220 e. The SMILES string of the molecule is Cl.N[C@@H]1CCC[C@H]1CC(=O)NCCC1CC1. The van der Waals surface area contributed by atoms with Crippen molar-refractivity contribution in [2.45, 2.75) is 51.0 Å². The van der Waals surface area contributed by atoms with Crippen LogP contribution in [0.15, 0.2) is 0 Å². The fourth-order valence-corrected chi connectivity index (χ4v) is 2.45. The molecule has 0 bridgehead atoms. The van der Waals surface area contributed by atoms with E-state index in [1.807, 2.05) is 0 Å². The van der Waals surface area contributed by atoms with E-state index >= 15 is 0 Å². The van der Waals surface area contributed by atoms with Crippen molar-refractivity contribution in [1.82, 2.24) is 5.32 Å². The Bertz CT molecular complexity index is 231. The lowest BCUT2D eigenvalue weighted by molar-refractivity contribution is -0.122. The number of nitrogens with one attached hydrogen (secondary N) is 1. The van der Waals surface area contributed by atoms with E-state index in [1.165, 1.54) is 25.7 Å². The number of hydrogen-bond donors (Lipinski definition) is 2. The summed E-state index contributed by atoms with van der Waals surface area (Å²) in [5.41, 5.74) is 5.93. The number of amides is 1. The van der Waals surface area contributed by atoms with Gasteiger partial charge in [-0.05, 0) is 31.1 Å². The van der Waals surface area contributed by atoms with Crippen LogP contribution in [0.5, 0.6) is 0 Å². The Morgan fingerprint density at radius 1 is 1.25 bits per heavy atom. The van der Waals surface area contributed by atoms with Gasteiger partial charge in [-0.25, -0.2) is 0 Å². The summed E-state index contributed by atoms with van der Waals surface area (Å²) in [6, 6.07) is 0.263. The molecule has 2 rings (SSSR count). The average molecular weight is 247 g/mol. The molecule has 0 aromatic carbocycles. The van der Waals surface area contributed by atoms with E-state index in [0.29, 0.717) is 12.3 Å². The molecule has 0 aliphatic heterocycles. The molecule has 2 atom stereocenters. The average Bonchev–Trinajstić information content (AvgIpc) is 2.93. The van der Waals surface area contributed by atoms with E-state index in [9.17, 15) is 4.79 Å². The minimum absolute atomic E-state index is 0. The molecule has 0 aromatic rings. The van der Waals surface area contributed by atoms with Crippen LogP contribution >= 0.6 is 12.4 Å². The summed E-state index contributed by atoms with van der Waals surface area (Å²) in [5.74, 6) is 1.54. The molecule has 0 saturated heterocycles. The van der Waals surface area contributed by atoms with Crippen LogP contribution in [-0.2, 0) is 4.79 Å². The monoisotopic (exact) mass is 246 g/mol. The van der Waals surface area contributed by atoms with Crippen molar-refractivity contribution in [3.8, 4) is 0 Å². The molecule has 0 unspecified atom stereocenters. The van der Waals surface area contributed by atoms with Gasteiger partial charge in [0.25, 0.3) is 0 Å². The second kappa shape index (κ2) is 6.45. The van der Waals surface area contributed by atoms with Crippen LogP contribution in [0.25, 0.3) is 0 Å². The third-order valence-corrected chi connectivity index (χ3v) is 3.74. The predicted octanol–water partition coefficient (Wildman–Crippen LogP) is 1.84. The van der Waals surface area contributed by atoms with Gasteiger partial charge in [0.1, 0.15) is 0 Å². The molecule has 2 saturated carbocycles. The number of halogens is 1. The van der Waals surface area contributed by atoms with Crippen molar-refractivity contribution in [2.24, 2.45) is 17.6 Å². The van der Waals surface area contributed by atoms with Crippen molar-refractivity contribution < 1.29 is 4.79 Å². The first kappa shape index (κ1) is 13.8. The van der Waals surface area contributed by atoms with Gasteiger partial charge < -0.3 is 11.1 Å². The van der Waals surface area contributed by atoms with Crippen LogP contribution in [0.2, 0.25) is 0 Å². The van der Waals surface area contributed by atoms with Crippen molar-refractivity contribution >= 4 is 18.3 Å².